The van der Waals surface area contributed by atoms with Crippen molar-refractivity contribution >= 4 is 11.6 Å². The number of hydrogen-bond acceptors (Lipinski definition) is 4. The summed E-state index contributed by atoms with van der Waals surface area (Å²) >= 11 is 0. The molecule has 26 heavy (non-hydrogen) atoms. The molecule has 0 aliphatic carbocycles. The molecular weight excluding hydrogens is 330 g/mol. The molecule has 1 fully saturated rings. The fraction of sp³-hybridized carbons (Fsp3) is 0.400. The van der Waals surface area contributed by atoms with Crippen molar-refractivity contribution in [3.63, 3.8) is 0 Å². The van der Waals surface area contributed by atoms with E-state index in [1.807, 2.05) is 24.3 Å². The highest BCUT2D eigenvalue weighted by atomic mass is 16.5. The van der Waals surface area contributed by atoms with Crippen molar-refractivity contribution in [2.24, 2.45) is 5.92 Å². The summed E-state index contributed by atoms with van der Waals surface area (Å²) in [5, 5.41) is 6.15. The third-order valence-electron chi connectivity index (χ3n) is 4.26. The van der Waals surface area contributed by atoms with E-state index >= 15 is 0 Å². The molecule has 1 aromatic carbocycles. The Morgan fingerprint density at radius 1 is 1.27 bits per heavy atom. The number of carbonyl (C=O) groups is 1. The molecule has 1 unspecified atom stereocenters. The van der Waals surface area contributed by atoms with Gasteiger partial charge >= 0.3 is 0 Å². The summed E-state index contributed by atoms with van der Waals surface area (Å²) in [6.07, 6.45) is 0.764. The van der Waals surface area contributed by atoms with Gasteiger partial charge in [-0.3, -0.25) is 9.59 Å². The number of morpholine rings is 1. The Balaban J connectivity index is 1.69. The van der Waals surface area contributed by atoms with Crippen LogP contribution < -0.4 is 16.2 Å². The minimum Gasteiger partial charge on any atom is -0.371 e. The van der Waals surface area contributed by atoms with Gasteiger partial charge in [-0.2, -0.15) is 0 Å². The molecule has 2 aromatic rings. The van der Waals surface area contributed by atoms with E-state index in [9.17, 15) is 9.59 Å². The van der Waals surface area contributed by atoms with Crippen LogP contribution in [0.3, 0.4) is 0 Å². The molecule has 0 saturated carbocycles. The molecule has 1 aliphatic heterocycles. The first-order valence-corrected chi connectivity index (χ1v) is 8.98. The monoisotopic (exact) mass is 355 g/mol. The van der Waals surface area contributed by atoms with Gasteiger partial charge in [0.1, 0.15) is 0 Å². The van der Waals surface area contributed by atoms with E-state index in [0.29, 0.717) is 23.8 Å². The van der Waals surface area contributed by atoms with Crippen LogP contribution in [-0.4, -0.2) is 30.6 Å². The Hall–Kier alpha value is -2.44. The van der Waals surface area contributed by atoms with Crippen molar-refractivity contribution in [2.75, 3.05) is 25.0 Å². The van der Waals surface area contributed by atoms with Gasteiger partial charge in [-0.25, -0.2) is 0 Å². The molecule has 1 atom stereocenters. The highest BCUT2D eigenvalue weighted by molar-refractivity contribution is 6.04. The number of benzene rings is 1. The van der Waals surface area contributed by atoms with Gasteiger partial charge in [0.2, 0.25) is 5.56 Å². The Morgan fingerprint density at radius 2 is 2.04 bits per heavy atom. The van der Waals surface area contributed by atoms with Crippen molar-refractivity contribution in [3.05, 3.63) is 63.6 Å². The maximum atomic E-state index is 12.5. The Bertz CT molecular complexity index is 806. The third kappa shape index (κ3) is 4.80. The molecule has 1 amide bonds. The molecular formula is C20H25N3O3. The van der Waals surface area contributed by atoms with Crippen LogP contribution in [0.15, 0.2) is 41.2 Å². The molecule has 6 heteroatoms. The number of carbonyl (C=O) groups excluding carboxylic acids is 1. The maximum absolute atomic E-state index is 12.5. The number of hydrogen-bond donors (Lipinski definition) is 3. The minimum atomic E-state index is -0.288. The smallest absolute Gasteiger partial charge is 0.255 e. The molecule has 1 saturated heterocycles. The second-order valence-electron chi connectivity index (χ2n) is 7.00. The molecule has 0 spiro atoms. The summed E-state index contributed by atoms with van der Waals surface area (Å²) in [7, 11) is 0. The predicted molar refractivity (Wildman–Crippen MR) is 102 cm³/mol. The number of anilines is 1. The molecule has 3 rings (SSSR count). The molecule has 138 valence electrons. The van der Waals surface area contributed by atoms with E-state index in [1.54, 1.807) is 6.07 Å². The van der Waals surface area contributed by atoms with Crippen LogP contribution in [0, 0.1) is 5.92 Å². The molecule has 3 N–H and O–H groups in total. The lowest BCUT2D eigenvalue weighted by atomic mass is 10.1. The third-order valence-corrected chi connectivity index (χ3v) is 4.26. The minimum absolute atomic E-state index is 0.0415. The molecule has 1 aliphatic rings. The van der Waals surface area contributed by atoms with Crippen LogP contribution in [0.5, 0.6) is 0 Å². The van der Waals surface area contributed by atoms with Gasteiger partial charge in [0.25, 0.3) is 5.91 Å². The molecule has 6 nitrogen and oxygen atoms in total. The summed E-state index contributed by atoms with van der Waals surface area (Å²) in [5.74, 6) is 0.109. The number of amides is 1. The van der Waals surface area contributed by atoms with E-state index in [2.05, 4.69) is 29.5 Å². The maximum Gasteiger partial charge on any atom is 0.255 e. The van der Waals surface area contributed by atoms with Crippen LogP contribution >= 0.6 is 0 Å². The number of aromatic amines is 1. The van der Waals surface area contributed by atoms with Crippen LogP contribution in [0.25, 0.3) is 0 Å². The quantitative estimate of drug-likeness (QED) is 0.769. The van der Waals surface area contributed by atoms with Gasteiger partial charge < -0.3 is 20.4 Å². The Morgan fingerprint density at radius 3 is 2.69 bits per heavy atom. The van der Waals surface area contributed by atoms with Gasteiger partial charge in [-0.1, -0.05) is 26.0 Å². The number of ether oxygens (including phenoxy) is 1. The zero-order chi connectivity index (χ0) is 18.5. The second kappa shape index (κ2) is 8.29. The lowest BCUT2D eigenvalue weighted by molar-refractivity contribution is 0.0277. The molecule has 1 aromatic heterocycles. The van der Waals surface area contributed by atoms with Crippen molar-refractivity contribution < 1.29 is 9.53 Å². The van der Waals surface area contributed by atoms with Gasteiger partial charge in [0, 0.05) is 36.1 Å². The van der Waals surface area contributed by atoms with Gasteiger partial charge in [-0.15, -0.1) is 0 Å². The SMILES string of the molecule is CC(C)Cc1cc(C(=O)Nc2ccc(C3CNCCO3)cc2)cc(=O)[nH]1. The zero-order valence-electron chi connectivity index (χ0n) is 15.2. The number of pyridine rings is 1. The van der Waals surface area contributed by atoms with Crippen LogP contribution in [-0.2, 0) is 11.2 Å². The van der Waals surface area contributed by atoms with Gasteiger partial charge in [0.05, 0.1) is 12.7 Å². The second-order valence-corrected chi connectivity index (χ2v) is 7.00. The van der Waals surface area contributed by atoms with Crippen LogP contribution in [0.2, 0.25) is 0 Å². The fourth-order valence-electron chi connectivity index (χ4n) is 3.05. The summed E-state index contributed by atoms with van der Waals surface area (Å²) in [6.45, 7) is 6.50. The largest absolute Gasteiger partial charge is 0.371 e. The molecule has 0 radical (unpaired) electrons. The Kier molecular flexibility index (Phi) is 5.85. The van der Waals surface area contributed by atoms with Crippen molar-refractivity contribution in [1.29, 1.82) is 0 Å². The first-order chi connectivity index (χ1) is 12.5. The average Bonchev–Trinajstić information content (AvgIpc) is 2.62. The summed E-state index contributed by atoms with van der Waals surface area (Å²) in [5.41, 5.74) is 2.65. The van der Waals surface area contributed by atoms with E-state index in [-0.39, 0.29) is 17.6 Å². The summed E-state index contributed by atoms with van der Waals surface area (Å²) in [4.78, 5) is 27.1. The summed E-state index contributed by atoms with van der Waals surface area (Å²) in [6, 6.07) is 10.7. The van der Waals surface area contributed by atoms with Crippen molar-refractivity contribution in [2.45, 2.75) is 26.4 Å². The highest BCUT2D eigenvalue weighted by Gasteiger charge is 2.16. The summed E-state index contributed by atoms with van der Waals surface area (Å²) < 4.78 is 5.72. The topological polar surface area (TPSA) is 83.2 Å². The first-order valence-electron chi connectivity index (χ1n) is 8.98. The van der Waals surface area contributed by atoms with Crippen molar-refractivity contribution in [1.82, 2.24) is 10.3 Å². The van der Waals surface area contributed by atoms with Crippen LogP contribution in [0.4, 0.5) is 5.69 Å². The average molecular weight is 355 g/mol. The Labute approximate surface area is 153 Å². The normalized spacial score (nSPS) is 17.3. The lowest BCUT2D eigenvalue weighted by Crippen LogP contribution is -2.33. The first kappa shape index (κ1) is 18.4. The zero-order valence-corrected chi connectivity index (χ0v) is 15.2. The van der Waals surface area contributed by atoms with Gasteiger partial charge in [0.15, 0.2) is 0 Å². The van der Waals surface area contributed by atoms with E-state index < -0.39 is 0 Å². The fourth-order valence-corrected chi connectivity index (χ4v) is 3.05. The van der Waals surface area contributed by atoms with Crippen molar-refractivity contribution in [3.8, 4) is 0 Å². The lowest BCUT2D eigenvalue weighted by Gasteiger charge is -2.24. The van der Waals surface area contributed by atoms with E-state index in [0.717, 1.165) is 30.8 Å². The van der Waals surface area contributed by atoms with E-state index in [4.69, 9.17) is 4.74 Å². The molecule has 2 heterocycles. The predicted octanol–water partition coefficient (Wildman–Crippen LogP) is 2.49. The standard InChI is InChI=1S/C20H25N3O3/c1-13(2)9-17-10-15(11-19(24)22-17)20(25)23-16-5-3-14(4-6-16)18-12-21-7-8-26-18/h3-6,10-11,13,18,21H,7-9,12H2,1-2H3,(H,22,24)(H,23,25). The number of rotatable bonds is 5. The number of nitrogens with one attached hydrogen (secondary N) is 3. The highest BCUT2D eigenvalue weighted by Crippen LogP contribution is 2.21. The molecule has 0 bridgehead atoms. The number of aromatic nitrogens is 1. The van der Waals surface area contributed by atoms with Gasteiger partial charge in [-0.05, 0) is 36.1 Å². The number of H-pyrrole nitrogens is 1. The van der Waals surface area contributed by atoms with Crippen LogP contribution in [0.1, 0.15) is 41.6 Å². The van der Waals surface area contributed by atoms with E-state index in [1.165, 1.54) is 6.07 Å².